The highest BCUT2D eigenvalue weighted by Crippen LogP contribution is 2.27. The first kappa shape index (κ1) is 24.7. The Morgan fingerprint density at radius 3 is 2.71 bits per heavy atom. The van der Waals surface area contributed by atoms with Crippen molar-refractivity contribution in [1.82, 2.24) is 19.8 Å². The average molecular weight is 521 g/mol. The summed E-state index contributed by atoms with van der Waals surface area (Å²) in [6, 6.07) is 11.6. The Balaban J connectivity index is 1.50. The Morgan fingerprint density at radius 2 is 2.00 bits per heavy atom. The lowest BCUT2D eigenvalue weighted by molar-refractivity contribution is 0.0693. The number of likely N-dealkylation sites (tertiary alicyclic amines) is 1. The van der Waals surface area contributed by atoms with E-state index >= 15 is 0 Å². The second-order valence-electron chi connectivity index (χ2n) is 8.18. The maximum atomic E-state index is 13.2. The van der Waals surface area contributed by atoms with E-state index in [1.807, 2.05) is 6.26 Å². The van der Waals surface area contributed by atoms with Crippen molar-refractivity contribution in [2.45, 2.75) is 36.1 Å². The quantitative estimate of drug-likeness (QED) is 0.458. The number of benzene rings is 2. The molecule has 4 rings (SSSR count). The summed E-state index contributed by atoms with van der Waals surface area (Å²) in [5, 5.41) is 4.42. The number of aromatic nitrogens is 2. The van der Waals surface area contributed by atoms with E-state index in [0.717, 1.165) is 17.7 Å². The molecule has 1 saturated heterocycles. The molecule has 0 unspecified atom stereocenters. The molecule has 1 aromatic heterocycles. The van der Waals surface area contributed by atoms with E-state index in [9.17, 15) is 13.2 Å². The minimum Gasteiger partial charge on any atom is -0.339 e. The summed E-state index contributed by atoms with van der Waals surface area (Å²) in [5.41, 5.74) is 1.05. The van der Waals surface area contributed by atoms with Crippen molar-refractivity contribution in [2.75, 3.05) is 19.3 Å². The Hall–Kier alpha value is -2.40. The van der Waals surface area contributed by atoms with E-state index in [4.69, 9.17) is 16.1 Å². The van der Waals surface area contributed by atoms with Gasteiger partial charge in [-0.05, 0) is 55.3 Å². The van der Waals surface area contributed by atoms with Gasteiger partial charge in [-0.3, -0.25) is 4.79 Å². The Morgan fingerprint density at radius 1 is 1.24 bits per heavy atom. The van der Waals surface area contributed by atoms with Crippen molar-refractivity contribution >= 4 is 39.3 Å². The normalized spacial score (nSPS) is 15.0. The van der Waals surface area contributed by atoms with Crippen LogP contribution in [-0.4, -0.2) is 48.7 Å². The number of hydrogen-bond acceptors (Lipinski definition) is 7. The maximum absolute atomic E-state index is 13.2. The number of nitrogens with one attached hydrogen (secondary N) is 1. The summed E-state index contributed by atoms with van der Waals surface area (Å²) >= 11 is 7.41. The number of nitrogens with zero attached hydrogens (tertiary/aromatic N) is 3. The molecule has 0 bridgehead atoms. The van der Waals surface area contributed by atoms with Crippen molar-refractivity contribution in [3.05, 3.63) is 58.9 Å². The number of thioether (sulfide) groups is 1. The second kappa shape index (κ2) is 10.5. The van der Waals surface area contributed by atoms with Gasteiger partial charge in [0.15, 0.2) is 0 Å². The lowest BCUT2D eigenvalue weighted by Crippen LogP contribution is -2.38. The lowest BCUT2D eigenvalue weighted by atomic mass is 9.98. The standard InChI is InChI=1S/C23H25ClN4O4S2/c1-15-8-10-28(11-9-15)23(29)19-13-18(6-7-20(19)33-2)34(30,31)25-14-21-26-22(27-32-21)16-4-3-5-17(24)12-16/h3-7,12-13,15,25H,8-11,14H2,1-2H3. The fourth-order valence-electron chi connectivity index (χ4n) is 3.71. The SMILES string of the molecule is CSc1ccc(S(=O)(=O)NCc2nc(-c3cccc(Cl)c3)no2)cc1C(=O)N1CCC(C)CC1. The molecule has 1 aliphatic heterocycles. The summed E-state index contributed by atoms with van der Waals surface area (Å²) in [6.07, 6.45) is 3.76. The molecule has 1 aliphatic rings. The van der Waals surface area contributed by atoms with Gasteiger partial charge in [-0.25, -0.2) is 13.1 Å². The third kappa shape index (κ3) is 5.63. The molecule has 180 valence electrons. The molecule has 3 aromatic rings. The van der Waals surface area contributed by atoms with Gasteiger partial charge in [0.2, 0.25) is 21.7 Å². The molecule has 8 nitrogen and oxygen atoms in total. The van der Waals surface area contributed by atoms with E-state index in [0.29, 0.717) is 41.0 Å². The maximum Gasteiger partial charge on any atom is 0.255 e. The minimum absolute atomic E-state index is 0.00797. The fourth-order valence-corrected chi connectivity index (χ4v) is 5.48. The van der Waals surface area contributed by atoms with Crippen LogP contribution in [0.25, 0.3) is 11.4 Å². The molecule has 0 atom stereocenters. The number of piperidine rings is 1. The van der Waals surface area contributed by atoms with Crippen molar-refractivity contribution in [3.8, 4) is 11.4 Å². The molecule has 1 N–H and O–H groups in total. The number of hydrogen-bond donors (Lipinski definition) is 1. The average Bonchev–Trinajstić information content (AvgIpc) is 3.32. The fraction of sp³-hybridized carbons (Fsp3) is 0.348. The van der Waals surface area contributed by atoms with Gasteiger partial charge in [-0.2, -0.15) is 4.98 Å². The summed E-state index contributed by atoms with van der Waals surface area (Å²) in [5.74, 6) is 0.864. The Labute approximate surface area is 208 Å². The third-order valence-electron chi connectivity index (χ3n) is 5.75. The van der Waals surface area contributed by atoms with E-state index < -0.39 is 10.0 Å². The number of sulfonamides is 1. The van der Waals surface area contributed by atoms with E-state index in [1.54, 1.807) is 35.2 Å². The first-order chi connectivity index (χ1) is 16.3. The molecular weight excluding hydrogens is 496 g/mol. The van der Waals surface area contributed by atoms with Crippen LogP contribution in [0.15, 0.2) is 56.8 Å². The van der Waals surface area contributed by atoms with Crippen molar-refractivity contribution < 1.29 is 17.7 Å². The highest BCUT2D eigenvalue weighted by molar-refractivity contribution is 7.98. The van der Waals surface area contributed by atoms with Crippen LogP contribution < -0.4 is 4.72 Å². The first-order valence-electron chi connectivity index (χ1n) is 10.8. The topological polar surface area (TPSA) is 105 Å². The molecule has 2 heterocycles. The number of halogens is 1. The van der Waals surface area contributed by atoms with Gasteiger partial charge in [0.25, 0.3) is 5.91 Å². The van der Waals surface area contributed by atoms with Gasteiger partial charge in [-0.15, -0.1) is 11.8 Å². The third-order valence-corrected chi connectivity index (χ3v) is 8.18. The highest BCUT2D eigenvalue weighted by Gasteiger charge is 2.25. The zero-order chi connectivity index (χ0) is 24.3. The van der Waals surface area contributed by atoms with E-state index in [-0.39, 0.29) is 23.2 Å². The van der Waals surface area contributed by atoms with Crippen LogP contribution in [-0.2, 0) is 16.6 Å². The summed E-state index contributed by atoms with van der Waals surface area (Å²) in [6.45, 7) is 3.34. The predicted octanol–water partition coefficient (Wildman–Crippen LogP) is 4.46. The predicted molar refractivity (Wildman–Crippen MR) is 131 cm³/mol. The first-order valence-corrected chi connectivity index (χ1v) is 13.9. The van der Waals surface area contributed by atoms with E-state index in [2.05, 4.69) is 21.8 Å². The van der Waals surface area contributed by atoms with Gasteiger partial charge >= 0.3 is 0 Å². The van der Waals surface area contributed by atoms with Gasteiger partial charge in [0.1, 0.15) is 0 Å². The van der Waals surface area contributed by atoms with Crippen LogP contribution in [0.1, 0.15) is 36.0 Å². The van der Waals surface area contributed by atoms with Crippen LogP contribution in [0, 0.1) is 5.92 Å². The van der Waals surface area contributed by atoms with Crippen LogP contribution in [0.4, 0.5) is 0 Å². The number of carbonyl (C=O) groups is 1. The lowest BCUT2D eigenvalue weighted by Gasteiger charge is -2.30. The number of rotatable bonds is 7. The van der Waals surface area contributed by atoms with Gasteiger partial charge < -0.3 is 9.42 Å². The van der Waals surface area contributed by atoms with Gasteiger partial charge in [0.05, 0.1) is 17.0 Å². The molecule has 0 saturated carbocycles. The largest absolute Gasteiger partial charge is 0.339 e. The minimum atomic E-state index is -3.92. The molecule has 2 aromatic carbocycles. The molecule has 0 radical (unpaired) electrons. The molecule has 0 aliphatic carbocycles. The monoisotopic (exact) mass is 520 g/mol. The van der Waals surface area contributed by atoms with Crippen LogP contribution in [0.5, 0.6) is 0 Å². The van der Waals surface area contributed by atoms with Crippen LogP contribution in [0.3, 0.4) is 0 Å². The smallest absolute Gasteiger partial charge is 0.255 e. The van der Waals surface area contributed by atoms with E-state index in [1.165, 1.54) is 23.9 Å². The van der Waals surface area contributed by atoms with Crippen LogP contribution >= 0.6 is 23.4 Å². The highest BCUT2D eigenvalue weighted by atomic mass is 35.5. The van der Waals surface area contributed by atoms with Crippen LogP contribution in [0.2, 0.25) is 5.02 Å². The summed E-state index contributed by atoms with van der Waals surface area (Å²) < 4.78 is 33.6. The van der Waals surface area contributed by atoms with Gasteiger partial charge in [-0.1, -0.05) is 35.8 Å². The van der Waals surface area contributed by atoms with Crippen molar-refractivity contribution in [2.24, 2.45) is 5.92 Å². The molecule has 0 spiro atoms. The summed E-state index contributed by atoms with van der Waals surface area (Å²) in [7, 11) is -3.92. The second-order valence-corrected chi connectivity index (χ2v) is 11.2. The van der Waals surface area contributed by atoms with Crippen molar-refractivity contribution in [3.63, 3.8) is 0 Å². The molecule has 1 fully saturated rings. The van der Waals surface area contributed by atoms with Crippen molar-refractivity contribution in [1.29, 1.82) is 0 Å². The molecule has 1 amide bonds. The Kier molecular flexibility index (Phi) is 7.61. The molecule has 34 heavy (non-hydrogen) atoms. The Bertz CT molecular complexity index is 1290. The number of amides is 1. The molecule has 11 heteroatoms. The number of carbonyl (C=O) groups excluding carboxylic acids is 1. The zero-order valence-electron chi connectivity index (χ0n) is 18.8. The van der Waals surface area contributed by atoms with Gasteiger partial charge in [0, 0.05) is 28.6 Å². The molecular formula is C23H25ClN4O4S2. The summed E-state index contributed by atoms with van der Waals surface area (Å²) in [4.78, 5) is 19.9. The zero-order valence-corrected chi connectivity index (χ0v) is 21.2.